The van der Waals surface area contributed by atoms with E-state index in [-0.39, 0.29) is 24.4 Å². The zero-order valence-corrected chi connectivity index (χ0v) is 22.0. The first kappa shape index (κ1) is 28.9. The Morgan fingerprint density at radius 3 is 2.17 bits per heavy atom. The molecular weight excluding hydrogens is 558 g/mol. The molecule has 4 aromatic rings. The van der Waals surface area contributed by atoms with Crippen LogP contribution in [0.1, 0.15) is 38.2 Å². The maximum Gasteiger partial charge on any atom is 0.416 e. The SMILES string of the molecule is O=C(Nc1ccc2c(c1)CCN(C(=O)Cc1cccc(C(F)(F)F)c1)C2)c1ccccc1-c1ccc(C(F)(F)F)cc1. The second kappa shape index (κ2) is 11.3. The molecule has 1 N–H and O–H groups in total. The van der Waals surface area contributed by atoms with E-state index in [1.807, 2.05) is 6.07 Å². The molecule has 216 valence electrons. The largest absolute Gasteiger partial charge is 0.416 e. The molecule has 42 heavy (non-hydrogen) atoms. The van der Waals surface area contributed by atoms with E-state index in [0.717, 1.165) is 35.4 Å². The molecule has 4 aromatic carbocycles. The highest BCUT2D eigenvalue weighted by atomic mass is 19.4. The second-order valence-electron chi connectivity index (χ2n) is 10.00. The monoisotopic (exact) mass is 582 g/mol. The number of halogens is 6. The number of anilines is 1. The number of benzene rings is 4. The lowest BCUT2D eigenvalue weighted by molar-refractivity contribution is -0.138. The summed E-state index contributed by atoms with van der Waals surface area (Å²) in [4.78, 5) is 27.6. The van der Waals surface area contributed by atoms with Crippen LogP contribution in [0.2, 0.25) is 0 Å². The Labute approximate surface area is 237 Å². The van der Waals surface area contributed by atoms with Crippen molar-refractivity contribution in [3.63, 3.8) is 0 Å². The molecule has 1 aliphatic rings. The van der Waals surface area contributed by atoms with E-state index in [4.69, 9.17) is 0 Å². The van der Waals surface area contributed by atoms with Crippen LogP contribution in [0.25, 0.3) is 11.1 Å². The third-order valence-electron chi connectivity index (χ3n) is 7.13. The van der Waals surface area contributed by atoms with Crippen LogP contribution in [0, 0.1) is 0 Å². The minimum atomic E-state index is -4.49. The average Bonchev–Trinajstić information content (AvgIpc) is 2.96. The smallest absolute Gasteiger partial charge is 0.338 e. The minimum Gasteiger partial charge on any atom is -0.338 e. The molecular formula is C32H24F6N2O2. The molecule has 0 aromatic heterocycles. The van der Waals surface area contributed by atoms with Gasteiger partial charge < -0.3 is 10.2 Å². The molecule has 1 heterocycles. The molecule has 0 aliphatic carbocycles. The minimum absolute atomic E-state index is 0.147. The maximum absolute atomic E-state index is 13.2. The number of rotatable bonds is 5. The molecule has 0 saturated heterocycles. The van der Waals surface area contributed by atoms with Gasteiger partial charge in [0.05, 0.1) is 17.5 Å². The maximum atomic E-state index is 13.2. The van der Waals surface area contributed by atoms with Crippen LogP contribution in [0.4, 0.5) is 32.0 Å². The fourth-order valence-electron chi connectivity index (χ4n) is 4.96. The number of carbonyl (C=O) groups is 2. The van der Waals surface area contributed by atoms with Gasteiger partial charge in [-0.25, -0.2) is 0 Å². The number of carbonyl (C=O) groups excluding carboxylic acids is 2. The van der Waals surface area contributed by atoms with Crippen molar-refractivity contribution in [2.45, 2.75) is 31.7 Å². The quantitative estimate of drug-likeness (QED) is 0.245. The predicted octanol–water partition coefficient (Wildman–Crippen LogP) is 7.77. The fraction of sp³-hybridized carbons (Fsp3) is 0.188. The van der Waals surface area contributed by atoms with Gasteiger partial charge in [0, 0.05) is 24.3 Å². The molecule has 4 nitrogen and oxygen atoms in total. The Bertz CT molecular complexity index is 1630. The molecule has 0 saturated carbocycles. The zero-order valence-electron chi connectivity index (χ0n) is 22.0. The summed E-state index contributed by atoms with van der Waals surface area (Å²) in [6.45, 7) is 0.664. The molecule has 10 heteroatoms. The van der Waals surface area contributed by atoms with E-state index in [2.05, 4.69) is 5.32 Å². The van der Waals surface area contributed by atoms with Gasteiger partial charge in [0.1, 0.15) is 0 Å². The number of amides is 2. The van der Waals surface area contributed by atoms with Crippen molar-refractivity contribution < 1.29 is 35.9 Å². The molecule has 5 rings (SSSR count). The Morgan fingerprint density at radius 2 is 1.45 bits per heavy atom. The summed E-state index contributed by atoms with van der Waals surface area (Å²) in [6.07, 6.45) is -8.60. The van der Waals surface area contributed by atoms with Crippen LogP contribution >= 0.6 is 0 Å². The van der Waals surface area contributed by atoms with Crippen LogP contribution < -0.4 is 5.32 Å². The van der Waals surface area contributed by atoms with Crippen LogP contribution in [0.3, 0.4) is 0 Å². The van der Waals surface area contributed by atoms with Crippen molar-refractivity contribution in [1.29, 1.82) is 0 Å². The molecule has 0 unspecified atom stereocenters. The Morgan fingerprint density at radius 1 is 0.738 bits per heavy atom. The van der Waals surface area contributed by atoms with Crippen molar-refractivity contribution in [3.8, 4) is 11.1 Å². The summed E-state index contributed by atoms with van der Waals surface area (Å²) in [5.41, 5.74) is 2.26. The van der Waals surface area contributed by atoms with Crippen molar-refractivity contribution >= 4 is 17.5 Å². The van der Waals surface area contributed by atoms with Gasteiger partial charge in [-0.2, -0.15) is 26.3 Å². The molecule has 0 spiro atoms. The lowest BCUT2D eigenvalue weighted by Crippen LogP contribution is -2.37. The summed E-state index contributed by atoms with van der Waals surface area (Å²) in [7, 11) is 0. The van der Waals surface area contributed by atoms with E-state index in [1.54, 1.807) is 41.3 Å². The van der Waals surface area contributed by atoms with E-state index < -0.39 is 29.4 Å². The van der Waals surface area contributed by atoms with Crippen LogP contribution in [-0.4, -0.2) is 23.3 Å². The molecule has 0 bridgehead atoms. The zero-order chi connectivity index (χ0) is 30.1. The molecule has 0 radical (unpaired) electrons. The Kier molecular flexibility index (Phi) is 7.81. The second-order valence-corrected chi connectivity index (χ2v) is 10.00. The summed E-state index contributed by atoms with van der Waals surface area (Å²) in [5.74, 6) is -0.712. The number of alkyl halides is 6. The van der Waals surface area contributed by atoms with Crippen LogP contribution in [0.15, 0.2) is 91.0 Å². The molecule has 0 atom stereocenters. The highest BCUT2D eigenvalue weighted by molar-refractivity contribution is 6.08. The van der Waals surface area contributed by atoms with Gasteiger partial charge in [0.25, 0.3) is 5.91 Å². The summed E-state index contributed by atoms with van der Waals surface area (Å²) in [5, 5.41) is 2.85. The standard InChI is InChI=1S/C32H24F6N2O2/c33-31(34,35)24-11-8-21(9-12-24)27-6-1-2-7-28(27)30(42)39-26-13-10-23-19-40(15-14-22(23)18-26)29(41)17-20-4-3-5-25(16-20)32(36,37)38/h1-13,16,18H,14-15,17,19H2,(H,39,42). The van der Waals surface area contributed by atoms with Gasteiger partial charge in [-0.15, -0.1) is 0 Å². The Balaban J connectivity index is 1.26. The topological polar surface area (TPSA) is 49.4 Å². The molecule has 0 fully saturated rings. The lowest BCUT2D eigenvalue weighted by Gasteiger charge is -2.29. The number of nitrogens with one attached hydrogen (secondary N) is 1. The van der Waals surface area contributed by atoms with E-state index in [9.17, 15) is 35.9 Å². The van der Waals surface area contributed by atoms with Crippen molar-refractivity contribution in [3.05, 3.63) is 124 Å². The first-order valence-corrected chi connectivity index (χ1v) is 13.0. The van der Waals surface area contributed by atoms with Gasteiger partial charge in [0.2, 0.25) is 5.91 Å². The fourth-order valence-corrected chi connectivity index (χ4v) is 4.96. The predicted molar refractivity (Wildman–Crippen MR) is 146 cm³/mol. The number of nitrogens with zero attached hydrogens (tertiary/aromatic N) is 1. The van der Waals surface area contributed by atoms with Crippen LogP contribution in [0.5, 0.6) is 0 Å². The average molecular weight is 583 g/mol. The Hall–Kier alpha value is -4.60. The first-order chi connectivity index (χ1) is 19.9. The van der Waals surface area contributed by atoms with Gasteiger partial charge in [0.15, 0.2) is 0 Å². The third kappa shape index (κ3) is 6.48. The highest BCUT2D eigenvalue weighted by Gasteiger charge is 2.31. The van der Waals surface area contributed by atoms with E-state index in [1.165, 1.54) is 24.3 Å². The van der Waals surface area contributed by atoms with Crippen molar-refractivity contribution in [1.82, 2.24) is 4.90 Å². The van der Waals surface area contributed by atoms with Gasteiger partial charge in [-0.05, 0) is 70.6 Å². The lowest BCUT2D eigenvalue weighted by atomic mass is 9.97. The van der Waals surface area contributed by atoms with E-state index in [0.29, 0.717) is 35.3 Å². The van der Waals surface area contributed by atoms with Gasteiger partial charge >= 0.3 is 12.4 Å². The van der Waals surface area contributed by atoms with E-state index >= 15 is 0 Å². The highest BCUT2D eigenvalue weighted by Crippen LogP contribution is 2.33. The summed E-state index contributed by atoms with van der Waals surface area (Å²) in [6, 6.07) is 21.2. The normalized spacial score (nSPS) is 13.4. The number of hydrogen-bond acceptors (Lipinski definition) is 2. The number of hydrogen-bond donors (Lipinski definition) is 1. The number of fused-ring (bicyclic) bond motifs is 1. The van der Waals surface area contributed by atoms with Gasteiger partial charge in [-0.1, -0.05) is 54.6 Å². The first-order valence-electron chi connectivity index (χ1n) is 13.0. The molecule has 2 amide bonds. The van der Waals surface area contributed by atoms with Crippen molar-refractivity contribution in [2.24, 2.45) is 0 Å². The summed E-state index contributed by atoms with van der Waals surface area (Å²) < 4.78 is 78.0. The third-order valence-corrected chi connectivity index (χ3v) is 7.13. The van der Waals surface area contributed by atoms with Crippen molar-refractivity contribution in [2.75, 3.05) is 11.9 Å². The molecule has 1 aliphatic heterocycles. The van der Waals surface area contributed by atoms with Crippen LogP contribution in [-0.2, 0) is 36.5 Å². The summed E-state index contributed by atoms with van der Waals surface area (Å²) >= 11 is 0. The van der Waals surface area contributed by atoms with Gasteiger partial charge in [-0.3, -0.25) is 9.59 Å².